The summed E-state index contributed by atoms with van der Waals surface area (Å²) in [6, 6.07) is 21.4. The number of para-hydroxylation sites is 1. The van der Waals surface area contributed by atoms with Crippen LogP contribution in [-0.2, 0) is 0 Å². The molecule has 4 heterocycles. The number of anilines is 1. The molecule has 2 aromatic carbocycles. The minimum atomic E-state index is -0.260. The van der Waals surface area contributed by atoms with Gasteiger partial charge in [0.15, 0.2) is 11.5 Å². The highest BCUT2D eigenvalue weighted by Gasteiger charge is 2.20. The molecule has 176 valence electrons. The summed E-state index contributed by atoms with van der Waals surface area (Å²) in [5.41, 5.74) is 5.56. The quantitative estimate of drug-likeness (QED) is 0.357. The topological polar surface area (TPSA) is 101 Å². The molecular weight excluding hydrogens is 450 g/mol. The predicted molar refractivity (Wildman–Crippen MR) is 141 cm³/mol. The van der Waals surface area contributed by atoms with Gasteiger partial charge in [-0.25, -0.2) is 15.0 Å². The molecule has 0 saturated heterocycles. The highest BCUT2D eigenvalue weighted by Crippen LogP contribution is 2.30. The van der Waals surface area contributed by atoms with E-state index in [4.69, 9.17) is 0 Å². The molecule has 0 aliphatic rings. The number of nitrogens with one attached hydrogen (secondary N) is 2. The van der Waals surface area contributed by atoms with Crippen molar-refractivity contribution in [2.75, 3.05) is 5.32 Å². The number of hydrogen-bond acceptors (Lipinski definition) is 6. The standard InChI is InChI=1S/C28H23N7O/c1-17-13-19(11-12-29-17)22-10-6-7-20-14-23(35(28(36)24(20)22)21-8-4-3-5-9-21)18(2)34-27-25-26(31-15-30-25)32-16-33-27/h3-16,18H,1-2H3,(H2,30,31,32,33,34)/t18-/m0/s1. The van der Waals surface area contributed by atoms with Gasteiger partial charge in [0.2, 0.25) is 0 Å². The van der Waals surface area contributed by atoms with Crippen molar-refractivity contribution in [3.8, 4) is 16.8 Å². The smallest absolute Gasteiger partial charge is 0.263 e. The van der Waals surface area contributed by atoms with E-state index in [9.17, 15) is 4.79 Å². The van der Waals surface area contributed by atoms with E-state index >= 15 is 0 Å². The molecule has 0 spiro atoms. The molecule has 6 aromatic rings. The lowest BCUT2D eigenvalue weighted by atomic mass is 9.98. The number of H-pyrrole nitrogens is 1. The van der Waals surface area contributed by atoms with E-state index in [0.29, 0.717) is 22.4 Å². The van der Waals surface area contributed by atoms with Crippen LogP contribution in [0.5, 0.6) is 0 Å². The molecule has 0 bridgehead atoms. The number of fused-ring (bicyclic) bond motifs is 2. The van der Waals surface area contributed by atoms with Gasteiger partial charge in [-0.3, -0.25) is 14.3 Å². The maximum absolute atomic E-state index is 14.2. The van der Waals surface area contributed by atoms with Crippen LogP contribution in [-0.4, -0.2) is 29.5 Å². The SMILES string of the molecule is Cc1cc(-c2cccc3cc([C@H](C)Nc4ncnc5[nH]cnc45)n(-c4ccccc4)c(=O)c23)ccn1. The Kier molecular flexibility index (Phi) is 5.26. The third-order valence-corrected chi connectivity index (χ3v) is 6.31. The zero-order valence-electron chi connectivity index (χ0n) is 19.8. The number of aromatic amines is 1. The fraction of sp³-hybridized carbons (Fsp3) is 0.107. The summed E-state index contributed by atoms with van der Waals surface area (Å²) in [6.45, 7) is 3.96. The van der Waals surface area contributed by atoms with E-state index in [1.54, 1.807) is 17.1 Å². The van der Waals surface area contributed by atoms with Crippen LogP contribution >= 0.6 is 0 Å². The first kappa shape index (κ1) is 21.7. The van der Waals surface area contributed by atoms with Crippen molar-refractivity contribution in [1.29, 1.82) is 0 Å². The van der Waals surface area contributed by atoms with Crippen molar-refractivity contribution >= 4 is 27.8 Å². The third-order valence-electron chi connectivity index (χ3n) is 6.31. The number of nitrogens with zero attached hydrogens (tertiary/aromatic N) is 5. The highest BCUT2D eigenvalue weighted by molar-refractivity contribution is 5.96. The monoisotopic (exact) mass is 473 g/mol. The number of pyridine rings is 2. The third kappa shape index (κ3) is 3.69. The van der Waals surface area contributed by atoms with Gasteiger partial charge in [-0.15, -0.1) is 0 Å². The molecule has 0 fully saturated rings. The van der Waals surface area contributed by atoms with E-state index in [2.05, 4.69) is 36.3 Å². The normalized spacial score (nSPS) is 12.2. The van der Waals surface area contributed by atoms with Crippen LogP contribution in [0, 0.1) is 6.92 Å². The molecule has 2 N–H and O–H groups in total. The average molecular weight is 474 g/mol. The molecule has 0 unspecified atom stereocenters. The van der Waals surface area contributed by atoms with Crippen LogP contribution in [0.3, 0.4) is 0 Å². The number of hydrogen-bond donors (Lipinski definition) is 2. The molecule has 0 aliphatic heterocycles. The second-order valence-corrected chi connectivity index (χ2v) is 8.69. The van der Waals surface area contributed by atoms with E-state index in [1.807, 2.05) is 74.5 Å². The molecule has 6 rings (SSSR count). The van der Waals surface area contributed by atoms with Gasteiger partial charge in [0, 0.05) is 23.3 Å². The molecule has 0 radical (unpaired) electrons. The van der Waals surface area contributed by atoms with Crippen LogP contribution in [0.25, 0.3) is 38.8 Å². The largest absolute Gasteiger partial charge is 0.360 e. The summed E-state index contributed by atoms with van der Waals surface area (Å²) in [7, 11) is 0. The number of aromatic nitrogens is 6. The van der Waals surface area contributed by atoms with Crippen LogP contribution in [0.15, 0.2) is 90.4 Å². The Morgan fingerprint density at radius 3 is 2.64 bits per heavy atom. The number of benzene rings is 2. The summed E-state index contributed by atoms with van der Waals surface area (Å²) >= 11 is 0. The maximum Gasteiger partial charge on any atom is 0.263 e. The molecule has 36 heavy (non-hydrogen) atoms. The van der Waals surface area contributed by atoms with Gasteiger partial charge in [0.1, 0.15) is 11.8 Å². The van der Waals surface area contributed by atoms with Crippen molar-refractivity contribution in [2.45, 2.75) is 19.9 Å². The molecule has 0 saturated carbocycles. The molecular formula is C28H23N7O. The summed E-state index contributed by atoms with van der Waals surface area (Å²) in [4.78, 5) is 34.5. The Morgan fingerprint density at radius 1 is 0.944 bits per heavy atom. The molecule has 1 atom stereocenters. The van der Waals surface area contributed by atoms with Crippen molar-refractivity contribution in [3.63, 3.8) is 0 Å². The number of aryl methyl sites for hydroxylation is 1. The van der Waals surface area contributed by atoms with Crippen LogP contribution in [0.2, 0.25) is 0 Å². The Bertz CT molecular complexity index is 1770. The maximum atomic E-state index is 14.2. The van der Waals surface area contributed by atoms with E-state index in [0.717, 1.165) is 33.6 Å². The van der Waals surface area contributed by atoms with Crippen molar-refractivity contribution in [1.82, 2.24) is 29.5 Å². The number of rotatable bonds is 5. The summed E-state index contributed by atoms with van der Waals surface area (Å²) in [5, 5.41) is 4.98. The zero-order chi connectivity index (χ0) is 24.6. The first-order valence-electron chi connectivity index (χ1n) is 11.7. The van der Waals surface area contributed by atoms with Gasteiger partial charge in [0.05, 0.1) is 17.8 Å². The van der Waals surface area contributed by atoms with Gasteiger partial charge in [-0.1, -0.05) is 36.4 Å². The lowest BCUT2D eigenvalue weighted by Gasteiger charge is -2.22. The number of imidazole rings is 1. The van der Waals surface area contributed by atoms with E-state index in [1.165, 1.54) is 6.33 Å². The van der Waals surface area contributed by atoms with Crippen LogP contribution in [0.4, 0.5) is 5.82 Å². The molecule has 0 aliphatic carbocycles. The second kappa shape index (κ2) is 8.74. The lowest BCUT2D eigenvalue weighted by Crippen LogP contribution is -2.26. The van der Waals surface area contributed by atoms with Crippen LogP contribution in [0.1, 0.15) is 24.4 Å². The minimum absolute atomic E-state index is 0.0833. The summed E-state index contributed by atoms with van der Waals surface area (Å²) < 4.78 is 1.78. The first-order valence-corrected chi connectivity index (χ1v) is 11.7. The van der Waals surface area contributed by atoms with Gasteiger partial charge < -0.3 is 10.3 Å². The van der Waals surface area contributed by atoms with E-state index in [-0.39, 0.29) is 11.6 Å². The molecule has 4 aromatic heterocycles. The fourth-order valence-corrected chi connectivity index (χ4v) is 4.65. The first-order chi connectivity index (χ1) is 17.6. The predicted octanol–water partition coefficient (Wildman–Crippen LogP) is 5.20. The Morgan fingerprint density at radius 2 is 1.81 bits per heavy atom. The van der Waals surface area contributed by atoms with Crippen LogP contribution < -0.4 is 10.9 Å². The van der Waals surface area contributed by atoms with Gasteiger partial charge in [-0.05, 0) is 60.7 Å². The van der Waals surface area contributed by atoms with Crippen molar-refractivity contribution in [3.05, 3.63) is 107 Å². The summed E-state index contributed by atoms with van der Waals surface area (Å²) in [5.74, 6) is 0.599. The Hall–Kier alpha value is -4.85. The summed E-state index contributed by atoms with van der Waals surface area (Å²) in [6.07, 6.45) is 4.85. The van der Waals surface area contributed by atoms with E-state index < -0.39 is 0 Å². The minimum Gasteiger partial charge on any atom is -0.360 e. The van der Waals surface area contributed by atoms with Crippen molar-refractivity contribution < 1.29 is 0 Å². The molecule has 8 nitrogen and oxygen atoms in total. The lowest BCUT2D eigenvalue weighted by molar-refractivity contribution is 0.774. The molecule has 0 amide bonds. The van der Waals surface area contributed by atoms with Gasteiger partial charge in [0.25, 0.3) is 5.56 Å². The van der Waals surface area contributed by atoms with Crippen molar-refractivity contribution in [2.24, 2.45) is 0 Å². The van der Waals surface area contributed by atoms with Gasteiger partial charge >= 0.3 is 0 Å². The average Bonchev–Trinajstić information content (AvgIpc) is 3.39. The Balaban J connectivity index is 1.58. The fourth-order valence-electron chi connectivity index (χ4n) is 4.65. The second-order valence-electron chi connectivity index (χ2n) is 8.69. The highest BCUT2D eigenvalue weighted by atomic mass is 16.1. The van der Waals surface area contributed by atoms with Gasteiger partial charge in [-0.2, -0.15) is 0 Å². The zero-order valence-corrected chi connectivity index (χ0v) is 19.8. The molecule has 8 heteroatoms. The Labute approximate surface area is 206 Å².